The molecule has 0 bridgehead atoms. The Hall–Kier alpha value is -3.09. The van der Waals surface area contributed by atoms with E-state index in [1.165, 1.54) is 6.07 Å². The highest BCUT2D eigenvalue weighted by molar-refractivity contribution is 7.92. The van der Waals surface area contributed by atoms with Crippen LogP contribution in [0.5, 0.6) is 11.6 Å². The van der Waals surface area contributed by atoms with Crippen molar-refractivity contribution >= 4 is 27.4 Å². The zero-order chi connectivity index (χ0) is 28.2. The number of aryl methyl sites for hydroxylation is 2. The minimum atomic E-state index is -4.87. The van der Waals surface area contributed by atoms with Gasteiger partial charge in [0.2, 0.25) is 5.82 Å². The first kappa shape index (κ1) is 28.9. The fourth-order valence-corrected chi connectivity index (χ4v) is 5.40. The van der Waals surface area contributed by atoms with E-state index in [0.717, 1.165) is 25.0 Å². The molecule has 39 heavy (non-hydrogen) atoms. The number of aromatic nitrogens is 2. The number of benzene rings is 2. The number of ether oxygens (including phenoxy) is 2. The van der Waals surface area contributed by atoms with Gasteiger partial charge in [-0.25, -0.2) is 18.4 Å². The van der Waals surface area contributed by atoms with Crippen molar-refractivity contribution in [3.05, 3.63) is 70.0 Å². The first-order valence-electron chi connectivity index (χ1n) is 12.2. The number of fused-ring (bicyclic) bond motifs is 1. The predicted octanol–water partition coefficient (Wildman–Crippen LogP) is 5.35. The van der Waals surface area contributed by atoms with Crippen LogP contribution in [-0.4, -0.2) is 50.5 Å². The van der Waals surface area contributed by atoms with Crippen molar-refractivity contribution in [1.29, 1.82) is 0 Å². The van der Waals surface area contributed by atoms with Crippen molar-refractivity contribution in [2.75, 3.05) is 32.0 Å². The van der Waals surface area contributed by atoms with Crippen LogP contribution in [0, 0.1) is 0 Å². The highest BCUT2D eigenvalue weighted by Gasteiger charge is 2.37. The van der Waals surface area contributed by atoms with Crippen molar-refractivity contribution in [2.24, 2.45) is 0 Å². The van der Waals surface area contributed by atoms with E-state index in [1.807, 2.05) is 19.0 Å². The summed E-state index contributed by atoms with van der Waals surface area (Å²) in [5.41, 5.74) is 0.626. The molecule has 4 rings (SSSR count). The lowest BCUT2D eigenvalue weighted by Gasteiger charge is -2.19. The maximum absolute atomic E-state index is 13.5. The topological polar surface area (TPSA) is 93.7 Å². The number of sulfonamides is 1. The van der Waals surface area contributed by atoms with Gasteiger partial charge in [0.1, 0.15) is 19.0 Å². The zero-order valence-electron chi connectivity index (χ0n) is 21.4. The molecule has 210 valence electrons. The molecule has 13 heteroatoms. The fraction of sp³-hybridized carbons (Fsp3) is 0.385. The van der Waals surface area contributed by atoms with Gasteiger partial charge in [0.05, 0.1) is 26.9 Å². The average Bonchev–Trinajstić information content (AvgIpc) is 2.88. The molecule has 0 unspecified atom stereocenters. The molecule has 0 saturated carbocycles. The summed E-state index contributed by atoms with van der Waals surface area (Å²) >= 11 is 6.25. The normalized spacial score (nSPS) is 13.7. The van der Waals surface area contributed by atoms with Crippen LogP contribution < -0.4 is 14.2 Å². The third-order valence-electron chi connectivity index (χ3n) is 5.98. The molecular formula is C26H28ClF3N4O4S. The van der Waals surface area contributed by atoms with Crippen LogP contribution in [0.25, 0.3) is 0 Å². The van der Waals surface area contributed by atoms with Gasteiger partial charge in [0.15, 0.2) is 0 Å². The Morgan fingerprint density at radius 1 is 1.03 bits per heavy atom. The Balaban J connectivity index is 1.62. The predicted molar refractivity (Wildman–Crippen MR) is 141 cm³/mol. The molecule has 0 radical (unpaired) electrons. The molecule has 2 aromatic carbocycles. The van der Waals surface area contributed by atoms with E-state index < -0.39 is 26.7 Å². The first-order valence-corrected chi connectivity index (χ1v) is 14.1. The highest BCUT2D eigenvalue weighted by Crippen LogP contribution is 2.36. The van der Waals surface area contributed by atoms with E-state index >= 15 is 0 Å². The third-order valence-corrected chi connectivity index (χ3v) is 7.69. The summed E-state index contributed by atoms with van der Waals surface area (Å²) in [5.74, 6) is 0.0543. The molecule has 3 aromatic rings. The second-order valence-corrected chi connectivity index (χ2v) is 11.3. The van der Waals surface area contributed by atoms with Crippen LogP contribution in [0.2, 0.25) is 5.02 Å². The summed E-state index contributed by atoms with van der Waals surface area (Å²) in [7, 11) is -0.845. The fourth-order valence-electron chi connectivity index (χ4n) is 4.00. The molecule has 1 aliphatic rings. The van der Waals surface area contributed by atoms with Crippen LogP contribution >= 0.6 is 11.6 Å². The molecule has 1 aromatic heterocycles. The van der Waals surface area contributed by atoms with E-state index in [-0.39, 0.29) is 18.3 Å². The number of halogens is 4. The molecule has 0 atom stereocenters. The zero-order valence-corrected chi connectivity index (χ0v) is 23.0. The van der Waals surface area contributed by atoms with E-state index in [4.69, 9.17) is 21.1 Å². The summed E-state index contributed by atoms with van der Waals surface area (Å²) < 4.78 is 80.7. The Labute approximate surface area is 230 Å². The molecule has 0 fully saturated rings. The lowest BCUT2D eigenvalue weighted by atomic mass is 10.0. The number of rotatable bonds is 10. The average molecular weight is 585 g/mol. The van der Waals surface area contributed by atoms with Gasteiger partial charge in [-0.1, -0.05) is 29.8 Å². The van der Waals surface area contributed by atoms with E-state index in [1.54, 1.807) is 18.2 Å². The smallest absolute Gasteiger partial charge is 0.417 e. The Kier molecular flexibility index (Phi) is 8.87. The van der Waals surface area contributed by atoms with Gasteiger partial charge in [0, 0.05) is 6.54 Å². The quantitative estimate of drug-likeness (QED) is 0.343. The maximum Gasteiger partial charge on any atom is 0.417 e. The SMILES string of the molecule is CN(C)CCOc1cc(COc2nc3c(nc2NS(=O)(=O)c2ccccc2C(F)(F)F)CCCC3)ccc1Cl. The first-order chi connectivity index (χ1) is 18.4. The second kappa shape index (κ2) is 12.0. The Morgan fingerprint density at radius 2 is 1.72 bits per heavy atom. The van der Waals surface area contributed by atoms with Crippen molar-refractivity contribution in [2.45, 2.75) is 43.4 Å². The summed E-state index contributed by atoms with van der Waals surface area (Å²) in [4.78, 5) is 9.94. The number of hydrogen-bond acceptors (Lipinski definition) is 7. The van der Waals surface area contributed by atoms with Crippen LogP contribution in [-0.2, 0) is 35.6 Å². The standard InChI is InChI=1S/C26H28ClF3N4O4S/c1-34(2)13-14-37-22-15-17(11-12-19(22)27)16-38-25-24(31-20-8-4-5-9-21(20)32-25)33-39(35,36)23-10-6-3-7-18(23)26(28,29)30/h3,6-7,10-12,15H,4-5,8-9,13-14,16H2,1-2H3,(H,31,33). The molecule has 1 heterocycles. The van der Waals surface area contributed by atoms with Crippen LogP contribution in [0.4, 0.5) is 19.0 Å². The van der Waals surface area contributed by atoms with Crippen molar-refractivity contribution in [3.8, 4) is 11.6 Å². The van der Waals surface area contributed by atoms with E-state index in [0.29, 0.717) is 59.8 Å². The number of nitrogens with zero attached hydrogens (tertiary/aromatic N) is 3. The monoisotopic (exact) mass is 584 g/mol. The lowest BCUT2D eigenvalue weighted by molar-refractivity contribution is -0.139. The van der Waals surface area contributed by atoms with Crippen molar-refractivity contribution in [3.63, 3.8) is 0 Å². The van der Waals surface area contributed by atoms with Gasteiger partial charge in [-0.3, -0.25) is 4.72 Å². The van der Waals surface area contributed by atoms with Crippen molar-refractivity contribution < 1.29 is 31.1 Å². The summed E-state index contributed by atoms with van der Waals surface area (Å²) in [5, 5.41) is 0.419. The number of hydrogen-bond donors (Lipinski definition) is 1. The van der Waals surface area contributed by atoms with Crippen molar-refractivity contribution in [1.82, 2.24) is 14.9 Å². The Morgan fingerprint density at radius 3 is 2.41 bits per heavy atom. The van der Waals surface area contributed by atoms with Crippen LogP contribution in [0.15, 0.2) is 47.4 Å². The molecule has 8 nitrogen and oxygen atoms in total. The highest BCUT2D eigenvalue weighted by atomic mass is 35.5. The van der Waals surface area contributed by atoms with Gasteiger partial charge < -0.3 is 14.4 Å². The van der Waals surface area contributed by atoms with Gasteiger partial charge in [-0.2, -0.15) is 13.2 Å². The van der Waals surface area contributed by atoms with Gasteiger partial charge >= 0.3 is 6.18 Å². The summed E-state index contributed by atoms with van der Waals surface area (Å²) in [6.07, 6.45) is -1.94. The summed E-state index contributed by atoms with van der Waals surface area (Å²) in [6, 6.07) is 9.02. The number of likely N-dealkylation sites (N-methyl/N-ethyl adjacent to an activating group) is 1. The van der Waals surface area contributed by atoms with E-state index in [9.17, 15) is 21.6 Å². The molecule has 0 saturated heterocycles. The Bertz CT molecular complexity index is 1440. The largest absolute Gasteiger partial charge is 0.491 e. The molecule has 0 amide bonds. The second-order valence-electron chi connectivity index (χ2n) is 9.28. The summed E-state index contributed by atoms with van der Waals surface area (Å²) in [6.45, 7) is 1.06. The van der Waals surface area contributed by atoms with Crippen LogP contribution in [0.1, 0.15) is 35.4 Å². The van der Waals surface area contributed by atoms with Gasteiger partial charge in [-0.05, 0) is 69.6 Å². The van der Waals surface area contributed by atoms with Crippen LogP contribution in [0.3, 0.4) is 0 Å². The number of anilines is 1. The molecule has 0 aliphatic heterocycles. The molecule has 1 aliphatic carbocycles. The molecular weight excluding hydrogens is 557 g/mol. The van der Waals surface area contributed by atoms with E-state index in [2.05, 4.69) is 14.7 Å². The number of alkyl halides is 3. The third kappa shape index (κ3) is 7.31. The minimum Gasteiger partial charge on any atom is -0.491 e. The maximum atomic E-state index is 13.5. The lowest BCUT2D eigenvalue weighted by Crippen LogP contribution is -2.21. The molecule has 1 N–H and O–H groups in total. The number of nitrogens with one attached hydrogen (secondary N) is 1. The van der Waals surface area contributed by atoms with Gasteiger partial charge in [0.25, 0.3) is 15.9 Å². The molecule has 0 spiro atoms. The van der Waals surface area contributed by atoms with Gasteiger partial charge in [-0.15, -0.1) is 0 Å². The minimum absolute atomic E-state index is 0.0391.